The largest absolute Gasteiger partial charge is 0.228 e. The van der Waals surface area contributed by atoms with Crippen LogP contribution in [0.15, 0.2) is 237 Å². The van der Waals surface area contributed by atoms with Gasteiger partial charge in [0.05, 0.1) is 11.4 Å². The summed E-state index contributed by atoms with van der Waals surface area (Å²) >= 11 is 0. The molecule has 0 amide bonds. The monoisotopic (exact) mass is 841 g/mol. The van der Waals surface area contributed by atoms with Crippen LogP contribution in [0.4, 0.5) is 0 Å². The van der Waals surface area contributed by atoms with E-state index in [1.165, 1.54) is 0 Å². The number of benzene rings is 10. The third kappa shape index (κ3) is 7.25. The zero-order valence-corrected chi connectivity index (χ0v) is 35.8. The minimum atomic E-state index is 0.604. The summed E-state index contributed by atoms with van der Waals surface area (Å²) in [6, 6.07) is 82.3. The first-order valence-corrected chi connectivity index (χ1v) is 22.2. The number of fused-ring (bicyclic) bond motifs is 5. The summed E-state index contributed by atoms with van der Waals surface area (Å²) in [5.41, 5.74) is 12.1. The van der Waals surface area contributed by atoms with Crippen LogP contribution in [-0.4, -0.2) is 24.9 Å². The molecule has 0 aliphatic heterocycles. The molecule has 0 saturated heterocycles. The predicted molar refractivity (Wildman–Crippen MR) is 271 cm³/mol. The summed E-state index contributed by atoms with van der Waals surface area (Å²) in [7, 11) is 0. The highest BCUT2D eigenvalue weighted by atomic mass is 15.0. The van der Waals surface area contributed by atoms with E-state index < -0.39 is 0 Å². The maximum Gasteiger partial charge on any atom is 0.164 e. The van der Waals surface area contributed by atoms with E-state index >= 15 is 0 Å². The van der Waals surface area contributed by atoms with Gasteiger partial charge in [-0.3, -0.25) is 0 Å². The smallest absolute Gasteiger partial charge is 0.164 e. The van der Waals surface area contributed by atoms with Crippen molar-refractivity contribution in [1.29, 1.82) is 0 Å². The van der Waals surface area contributed by atoms with E-state index in [0.29, 0.717) is 23.3 Å². The van der Waals surface area contributed by atoms with E-state index in [9.17, 15) is 0 Å². The minimum absolute atomic E-state index is 0.604. The number of hydrogen-bond acceptors (Lipinski definition) is 5. The molecule has 5 heteroatoms. The zero-order valence-electron chi connectivity index (χ0n) is 35.8. The van der Waals surface area contributed by atoms with E-state index in [1.54, 1.807) is 0 Å². The van der Waals surface area contributed by atoms with Crippen molar-refractivity contribution in [3.63, 3.8) is 0 Å². The Hall–Kier alpha value is -8.93. The van der Waals surface area contributed by atoms with Crippen molar-refractivity contribution in [1.82, 2.24) is 24.9 Å². The van der Waals surface area contributed by atoms with Crippen molar-refractivity contribution in [2.45, 2.75) is 0 Å². The van der Waals surface area contributed by atoms with Crippen LogP contribution in [0.1, 0.15) is 0 Å². The van der Waals surface area contributed by atoms with E-state index in [0.717, 1.165) is 99.3 Å². The molecule has 12 rings (SSSR count). The fourth-order valence-electron chi connectivity index (χ4n) is 9.04. The van der Waals surface area contributed by atoms with Gasteiger partial charge in [0.15, 0.2) is 23.3 Å². The highest BCUT2D eigenvalue weighted by Crippen LogP contribution is 2.42. The quantitative estimate of drug-likeness (QED) is 0.143. The van der Waals surface area contributed by atoms with Gasteiger partial charge in [-0.1, -0.05) is 218 Å². The molecule has 0 bridgehead atoms. The van der Waals surface area contributed by atoms with Crippen LogP contribution in [0.25, 0.3) is 123 Å². The second-order valence-electron chi connectivity index (χ2n) is 16.4. The standard InChI is InChI=1S/C61H39N5/c1-5-17-40(18-6-1)42-29-33-46(34-30-42)58-64-59(47-35-31-43(32-36-47)41-19-7-2-8-20-41)66-61(65-58)55-38-53-48-25-13-15-27-50(48)54(37-52(53)49-26-14-16-28-51(49)55)60-62-56(44-21-9-3-10-22-44)39-57(63-60)45-23-11-4-12-24-45/h1-39H. The van der Waals surface area contributed by atoms with Gasteiger partial charge in [0.25, 0.3) is 0 Å². The summed E-state index contributed by atoms with van der Waals surface area (Å²) in [6.07, 6.45) is 0. The summed E-state index contributed by atoms with van der Waals surface area (Å²) in [6.45, 7) is 0. The molecule has 12 aromatic rings. The van der Waals surface area contributed by atoms with Gasteiger partial charge < -0.3 is 0 Å². The third-order valence-corrected chi connectivity index (χ3v) is 12.4. The maximum absolute atomic E-state index is 5.30. The van der Waals surface area contributed by atoms with Crippen molar-refractivity contribution in [2.24, 2.45) is 0 Å². The second-order valence-corrected chi connectivity index (χ2v) is 16.4. The molecule has 0 aliphatic carbocycles. The molecule has 0 atom stereocenters. The zero-order chi connectivity index (χ0) is 43.8. The average Bonchev–Trinajstić information content (AvgIpc) is 3.41. The molecule has 0 radical (unpaired) electrons. The maximum atomic E-state index is 5.30. The Labute approximate surface area is 382 Å². The first kappa shape index (κ1) is 38.7. The van der Waals surface area contributed by atoms with Crippen LogP contribution in [-0.2, 0) is 0 Å². The average molecular weight is 842 g/mol. The van der Waals surface area contributed by atoms with Crippen LogP contribution in [0.3, 0.4) is 0 Å². The number of nitrogens with zero attached hydrogens (tertiary/aromatic N) is 5. The third-order valence-electron chi connectivity index (χ3n) is 12.4. The molecule has 66 heavy (non-hydrogen) atoms. The number of hydrogen-bond donors (Lipinski definition) is 0. The first-order chi connectivity index (χ1) is 32.7. The fraction of sp³-hybridized carbons (Fsp3) is 0. The summed E-state index contributed by atoms with van der Waals surface area (Å²) in [5.74, 6) is 2.49. The Kier molecular flexibility index (Phi) is 9.77. The van der Waals surface area contributed by atoms with Crippen molar-refractivity contribution in [2.75, 3.05) is 0 Å². The van der Waals surface area contributed by atoms with Crippen molar-refractivity contribution in [3.8, 4) is 90.3 Å². The van der Waals surface area contributed by atoms with E-state index in [2.05, 4.69) is 212 Å². The summed E-state index contributed by atoms with van der Waals surface area (Å²) < 4.78 is 0. The highest BCUT2D eigenvalue weighted by molar-refractivity contribution is 6.23. The topological polar surface area (TPSA) is 64.5 Å². The van der Waals surface area contributed by atoms with Crippen LogP contribution in [0.5, 0.6) is 0 Å². The van der Waals surface area contributed by atoms with Crippen molar-refractivity contribution >= 4 is 32.3 Å². The molecule has 10 aromatic carbocycles. The van der Waals surface area contributed by atoms with Gasteiger partial charge in [0.2, 0.25) is 0 Å². The highest BCUT2D eigenvalue weighted by Gasteiger charge is 2.20. The molecule has 0 N–H and O–H groups in total. The minimum Gasteiger partial charge on any atom is -0.228 e. The molecule has 0 saturated carbocycles. The van der Waals surface area contributed by atoms with Gasteiger partial charge in [-0.15, -0.1) is 0 Å². The van der Waals surface area contributed by atoms with E-state index in [4.69, 9.17) is 24.9 Å². The Morgan fingerprint density at radius 2 is 0.470 bits per heavy atom. The lowest BCUT2D eigenvalue weighted by Gasteiger charge is -2.16. The van der Waals surface area contributed by atoms with Gasteiger partial charge in [0, 0.05) is 33.4 Å². The second kappa shape index (κ2) is 16.6. The Bertz CT molecular complexity index is 3550. The molecule has 2 aromatic heterocycles. The van der Waals surface area contributed by atoms with Crippen LogP contribution in [0.2, 0.25) is 0 Å². The lowest BCUT2D eigenvalue weighted by atomic mass is 9.90. The van der Waals surface area contributed by atoms with Crippen LogP contribution >= 0.6 is 0 Å². The molecule has 0 spiro atoms. The van der Waals surface area contributed by atoms with Gasteiger partial charge in [-0.2, -0.15) is 0 Å². The fourth-order valence-corrected chi connectivity index (χ4v) is 9.04. The van der Waals surface area contributed by atoms with Gasteiger partial charge in [-0.25, -0.2) is 24.9 Å². The lowest BCUT2D eigenvalue weighted by Crippen LogP contribution is -2.01. The first-order valence-electron chi connectivity index (χ1n) is 22.2. The molecule has 5 nitrogen and oxygen atoms in total. The van der Waals surface area contributed by atoms with Gasteiger partial charge in [0.1, 0.15) is 0 Å². The molecule has 0 unspecified atom stereocenters. The Balaban J connectivity index is 1.06. The molecule has 308 valence electrons. The Morgan fingerprint density at radius 1 is 0.182 bits per heavy atom. The number of aromatic nitrogens is 5. The number of rotatable bonds is 8. The van der Waals surface area contributed by atoms with Crippen molar-refractivity contribution in [3.05, 3.63) is 237 Å². The Morgan fingerprint density at radius 3 is 0.864 bits per heavy atom. The predicted octanol–water partition coefficient (Wildman–Crippen LogP) is 15.5. The van der Waals surface area contributed by atoms with E-state index in [-0.39, 0.29) is 0 Å². The summed E-state index contributed by atoms with van der Waals surface area (Å²) in [5, 5.41) is 6.47. The van der Waals surface area contributed by atoms with E-state index in [1.807, 2.05) is 24.3 Å². The molecule has 0 fully saturated rings. The summed E-state index contributed by atoms with van der Waals surface area (Å²) in [4.78, 5) is 26.3. The van der Waals surface area contributed by atoms with Crippen molar-refractivity contribution < 1.29 is 0 Å². The molecular formula is C61H39N5. The normalized spacial score (nSPS) is 11.3. The van der Waals surface area contributed by atoms with Crippen LogP contribution < -0.4 is 0 Å². The SMILES string of the molecule is c1ccc(-c2ccc(-c3nc(-c4ccc(-c5ccccc5)cc4)nc(-c4cc5c6ccccc6c(-c6nc(-c7ccccc7)cc(-c7ccccc7)n6)cc5c5ccccc45)n3)cc2)cc1. The molecular weight excluding hydrogens is 803 g/mol. The molecule has 2 heterocycles. The van der Waals surface area contributed by atoms with Gasteiger partial charge in [-0.05, 0) is 72.8 Å². The molecule has 0 aliphatic rings. The van der Waals surface area contributed by atoms with Crippen LogP contribution in [0, 0.1) is 0 Å². The van der Waals surface area contributed by atoms with Gasteiger partial charge >= 0.3 is 0 Å². The lowest BCUT2D eigenvalue weighted by molar-refractivity contribution is 1.08.